The lowest BCUT2D eigenvalue weighted by molar-refractivity contribution is 0.116. The summed E-state index contributed by atoms with van der Waals surface area (Å²) in [4.78, 5) is 0. The van der Waals surface area contributed by atoms with Crippen LogP contribution in [0.25, 0.3) is 0 Å². The molecule has 0 saturated carbocycles. The standard InChI is InChI=1S/C11H18BrNO2/c1-3-6-13-10(8-14-4-2)11-9(12)5-7-15-11/h5,7,10,13H,3-4,6,8H2,1-2H3. The molecule has 1 heterocycles. The highest BCUT2D eigenvalue weighted by molar-refractivity contribution is 9.10. The van der Waals surface area contributed by atoms with Crippen LogP contribution in [0.1, 0.15) is 32.1 Å². The summed E-state index contributed by atoms with van der Waals surface area (Å²) in [5.74, 6) is 0.914. The van der Waals surface area contributed by atoms with Crippen molar-refractivity contribution >= 4 is 15.9 Å². The molecule has 0 bridgehead atoms. The highest BCUT2D eigenvalue weighted by Crippen LogP contribution is 2.24. The van der Waals surface area contributed by atoms with E-state index in [0.29, 0.717) is 6.61 Å². The summed E-state index contributed by atoms with van der Waals surface area (Å²) < 4.78 is 11.9. The van der Waals surface area contributed by atoms with E-state index in [0.717, 1.165) is 29.8 Å². The summed E-state index contributed by atoms with van der Waals surface area (Å²) in [5.41, 5.74) is 0. The molecule has 1 N–H and O–H groups in total. The Morgan fingerprint density at radius 3 is 2.87 bits per heavy atom. The van der Waals surface area contributed by atoms with Crippen LogP contribution in [0.5, 0.6) is 0 Å². The third kappa shape index (κ3) is 3.97. The number of ether oxygens (including phenoxy) is 1. The number of hydrogen-bond donors (Lipinski definition) is 1. The van der Waals surface area contributed by atoms with Gasteiger partial charge in [-0.3, -0.25) is 0 Å². The molecule has 1 unspecified atom stereocenters. The summed E-state index contributed by atoms with van der Waals surface area (Å²) in [7, 11) is 0. The quantitative estimate of drug-likeness (QED) is 0.830. The van der Waals surface area contributed by atoms with Crippen LogP contribution in [0.15, 0.2) is 21.2 Å². The fraction of sp³-hybridized carbons (Fsp3) is 0.636. The first kappa shape index (κ1) is 12.7. The smallest absolute Gasteiger partial charge is 0.137 e. The maximum atomic E-state index is 5.43. The molecule has 0 radical (unpaired) electrons. The van der Waals surface area contributed by atoms with Crippen molar-refractivity contribution in [3.8, 4) is 0 Å². The molecule has 0 aliphatic carbocycles. The molecule has 0 aliphatic rings. The number of nitrogens with one attached hydrogen (secondary N) is 1. The van der Waals surface area contributed by atoms with Gasteiger partial charge >= 0.3 is 0 Å². The molecule has 15 heavy (non-hydrogen) atoms. The molecule has 1 atom stereocenters. The highest BCUT2D eigenvalue weighted by atomic mass is 79.9. The molecule has 1 rings (SSSR count). The van der Waals surface area contributed by atoms with Crippen LogP contribution in [0, 0.1) is 0 Å². The number of halogens is 1. The Balaban J connectivity index is 2.58. The molecule has 0 fully saturated rings. The molecule has 0 spiro atoms. The van der Waals surface area contributed by atoms with Crippen LogP contribution in [0.4, 0.5) is 0 Å². The van der Waals surface area contributed by atoms with Crippen LogP contribution < -0.4 is 5.32 Å². The Kier molecular flexibility index (Phi) is 5.98. The van der Waals surface area contributed by atoms with Gasteiger partial charge in [-0.1, -0.05) is 6.92 Å². The third-order valence-electron chi connectivity index (χ3n) is 2.09. The zero-order valence-corrected chi connectivity index (χ0v) is 10.8. The van der Waals surface area contributed by atoms with Crippen LogP contribution in [-0.4, -0.2) is 19.8 Å². The molecule has 1 aromatic rings. The molecule has 3 nitrogen and oxygen atoms in total. The topological polar surface area (TPSA) is 34.4 Å². The zero-order valence-electron chi connectivity index (χ0n) is 9.25. The average molecular weight is 276 g/mol. The average Bonchev–Trinajstić information content (AvgIpc) is 2.65. The van der Waals surface area contributed by atoms with Crippen molar-refractivity contribution in [3.63, 3.8) is 0 Å². The van der Waals surface area contributed by atoms with Gasteiger partial charge in [0.25, 0.3) is 0 Å². The number of hydrogen-bond acceptors (Lipinski definition) is 3. The van der Waals surface area contributed by atoms with E-state index < -0.39 is 0 Å². The van der Waals surface area contributed by atoms with Gasteiger partial charge in [0.1, 0.15) is 5.76 Å². The molecule has 0 saturated heterocycles. The first-order chi connectivity index (χ1) is 7.29. The van der Waals surface area contributed by atoms with Gasteiger partial charge in [0.05, 0.1) is 23.4 Å². The monoisotopic (exact) mass is 275 g/mol. The molecular formula is C11H18BrNO2. The summed E-state index contributed by atoms with van der Waals surface area (Å²) in [6.45, 7) is 6.46. The normalized spacial score (nSPS) is 13.0. The highest BCUT2D eigenvalue weighted by Gasteiger charge is 2.16. The van der Waals surface area contributed by atoms with Gasteiger partial charge in [-0.25, -0.2) is 0 Å². The Morgan fingerprint density at radius 1 is 1.53 bits per heavy atom. The van der Waals surface area contributed by atoms with Crippen molar-refractivity contribution in [2.24, 2.45) is 0 Å². The van der Waals surface area contributed by atoms with E-state index in [1.165, 1.54) is 0 Å². The second-order valence-electron chi connectivity index (χ2n) is 3.30. The van der Waals surface area contributed by atoms with Crippen molar-refractivity contribution in [1.82, 2.24) is 5.32 Å². The van der Waals surface area contributed by atoms with E-state index in [9.17, 15) is 0 Å². The van der Waals surface area contributed by atoms with E-state index >= 15 is 0 Å². The number of rotatable bonds is 7. The summed E-state index contributed by atoms with van der Waals surface area (Å²) >= 11 is 3.46. The largest absolute Gasteiger partial charge is 0.466 e. The van der Waals surface area contributed by atoms with Crippen molar-refractivity contribution in [2.45, 2.75) is 26.3 Å². The van der Waals surface area contributed by atoms with Gasteiger partial charge < -0.3 is 14.5 Å². The van der Waals surface area contributed by atoms with E-state index in [-0.39, 0.29) is 6.04 Å². The molecule has 0 aromatic carbocycles. The lowest BCUT2D eigenvalue weighted by Gasteiger charge is -2.16. The Morgan fingerprint density at radius 2 is 2.33 bits per heavy atom. The third-order valence-corrected chi connectivity index (χ3v) is 2.75. The maximum Gasteiger partial charge on any atom is 0.137 e. The van der Waals surface area contributed by atoms with Gasteiger partial charge in [0.2, 0.25) is 0 Å². The fourth-order valence-electron chi connectivity index (χ4n) is 1.34. The minimum Gasteiger partial charge on any atom is -0.466 e. The van der Waals surface area contributed by atoms with E-state index in [1.807, 2.05) is 13.0 Å². The lowest BCUT2D eigenvalue weighted by Crippen LogP contribution is -2.26. The first-order valence-electron chi connectivity index (χ1n) is 5.33. The fourth-order valence-corrected chi connectivity index (χ4v) is 1.81. The molecule has 0 aliphatic heterocycles. The van der Waals surface area contributed by atoms with Gasteiger partial charge in [0, 0.05) is 6.61 Å². The minimum absolute atomic E-state index is 0.134. The first-order valence-corrected chi connectivity index (χ1v) is 6.12. The molecule has 86 valence electrons. The van der Waals surface area contributed by atoms with Crippen molar-refractivity contribution in [3.05, 3.63) is 22.6 Å². The van der Waals surface area contributed by atoms with E-state index in [4.69, 9.17) is 9.15 Å². The SMILES string of the molecule is CCCNC(COCC)c1occc1Br. The van der Waals surface area contributed by atoms with E-state index in [1.54, 1.807) is 6.26 Å². The maximum absolute atomic E-state index is 5.43. The predicted octanol–water partition coefficient (Wildman–Crippen LogP) is 3.12. The van der Waals surface area contributed by atoms with Crippen molar-refractivity contribution < 1.29 is 9.15 Å². The number of furan rings is 1. The Labute approximate surface area is 99.3 Å². The van der Waals surface area contributed by atoms with Crippen molar-refractivity contribution in [1.29, 1.82) is 0 Å². The summed E-state index contributed by atoms with van der Waals surface area (Å²) in [6, 6.07) is 2.04. The van der Waals surface area contributed by atoms with Crippen molar-refractivity contribution in [2.75, 3.05) is 19.8 Å². The van der Waals surface area contributed by atoms with Crippen LogP contribution in [-0.2, 0) is 4.74 Å². The van der Waals surface area contributed by atoms with Gasteiger partial charge in [-0.2, -0.15) is 0 Å². The van der Waals surface area contributed by atoms with E-state index in [2.05, 4.69) is 28.2 Å². The van der Waals surface area contributed by atoms with Gasteiger partial charge in [0.15, 0.2) is 0 Å². The second-order valence-corrected chi connectivity index (χ2v) is 4.15. The summed E-state index contributed by atoms with van der Waals surface area (Å²) in [6.07, 6.45) is 2.78. The second kappa shape index (κ2) is 7.04. The minimum atomic E-state index is 0.134. The van der Waals surface area contributed by atoms with Crippen LogP contribution in [0.3, 0.4) is 0 Å². The van der Waals surface area contributed by atoms with Gasteiger partial charge in [-0.15, -0.1) is 0 Å². The molecular weight excluding hydrogens is 258 g/mol. The van der Waals surface area contributed by atoms with Gasteiger partial charge in [-0.05, 0) is 41.9 Å². The molecule has 1 aromatic heterocycles. The van der Waals surface area contributed by atoms with Crippen LogP contribution in [0.2, 0.25) is 0 Å². The molecule has 4 heteroatoms. The predicted molar refractivity (Wildman–Crippen MR) is 63.9 cm³/mol. The summed E-state index contributed by atoms with van der Waals surface area (Å²) in [5, 5.41) is 3.40. The lowest BCUT2D eigenvalue weighted by atomic mass is 10.2. The Hall–Kier alpha value is -0.320. The van der Waals surface area contributed by atoms with Crippen LogP contribution >= 0.6 is 15.9 Å². The molecule has 0 amide bonds. The Bertz CT molecular complexity index is 267. The zero-order chi connectivity index (χ0) is 11.1.